The van der Waals surface area contributed by atoms with Crippen molar-refractivity contribution in [3.63, 3.8) is 0 Å². The van der Waals surface area contributed by atoms with Crippen LogP contribution in [-0.4, -0.2) is 25.0 Å². The highest BCUT2D eigenvalue weighted by molar-refractivity contribution is 9.10. The predicted molar refractivity (Wildman–Crippen MR) is 112 cm³/mol. The molecule has 0 bridgehead atoms. The first-order valence-electron chi connectivity index (χ1n) is 8.93. The molecule has 0 saturated heterocycles. The lowest BCUT2D eigenvalue weighted by Gasteiger charge is -2.25. The Morgan fingerprint density at radius 2 is 1.97 bits per heavy atom. The lowest BCUT2D eigenvalue weighted by molar-refractivity contribution is 0.0889. The zero-order valence-corrected chi connectivity index (χ0v) is 17.3. The van der Waals surface area contributed by atoms with Crippen LogP contribution in [0.2, 0.25) is 0 Å². The molecule has 0 unspecified atom stereocenters. The van der Waals surface area contributed by atoms with Gasteiger partial charge < -0.3 is 4.84 Å². The number of hydrogen-bond donors (Lipinski definition) is 1. The SMILES string of the molecule is C/C(=N\O[C@@H]1C=C[C@H](n2[nH]c(=O)n(C)c2=O)c2nccc(Br)c21)c1ccccc1. The quantitative estimate of drug-likeness (QED) is 0.371. The maximum absolute atomic E-state index is 12.4. The van der Waals surface area contributed by atoms with Crippen LogP contribution in [0, 0.1) is 0 Å². The number of nitrogens with one attached hydrogen (secondary N) is 1. The van der Waals surface area contributed by atoms with Crippen LogP contribution in [0.1, 0.15) is 35.9 Å². The van der Waals surface area contributed by atoms with E-state index in [0.29, 0.717) is 5.69 Å². The van der Waals surface area contributed by atoms with E-state index in [4.69, 9.17) is 4.84 Å². The van der Waals surface area contributed by atoms with E-state index in [2.05, 4.69) is 31.2 Å². The van der Waals surface area contributed by atoms with E-state index in [1.165, 1.54) is 11.7 Å². The Bertz CT molecular complexity index is 1220. The molecule has 1 aliphatic rings. The first-order chi connectivity index (χ1) is 14.0. The number of nitrogens with zero attached hydrogens (tertiary/aromatic N) is 4. The van der Waals surface area contributed by atoms with Crippen molar-refractivity contribution in [2.75, 3.05) is 0 Å². The summed E-state index contributed by atoms with van der Waals surface area (Å²) in [5.74, 6) is 0. The third-order valence-electron chi connectivity index (χ3n) is 4.79. The number of pyridine rings is 1. The highest BCUT2D eigenvalue weighted by Gasteiger charge is 2.30. The van der Waals surface area contributed by atoms with Crippen molar-refractivity contribution in [2.24, 2.45) is 12.2 Å². The molecular formula is C20H18BrN5O3. The fraction of sp³-hybridized carbons (Fsp3) is 0.200. The van der Waals surface area contributed by atoms with Crippen LogP contribution in [0.4, 0.5) is 0 Å². The Kier molecular flexibility index (Phi) is 5.06. The van der Waals surface area contributed by atoms with Gasteiger partial charge in [-0.05, 0) is 24.6 Å². The standard InChI is InChI=1S/C20H18BrN5O3/c1-12(13-6-4-3-5-7-13)24-29-16-9-8-15(18-17(16)14(21)10-11-22-18)26-20(28)25(2)19(27)23-26/h3-11,15-16H,1-2H3,(H,23,27)/b24-12+/t15-,16+/m0/s1. The van der Waals surface area contributed by atoms with E-state index in [-0.39, 0.29) is 0 Å². The van der Waals surface area contributed by atoms with Crippen molar-refractivity contribution in [1.82, 2.24) is 19.3 Å². The third kappa shape index (κ3) is 3.49. The molecule has 1 N–H and O–H groups in total. The van der Waals surface area contributed by atoms with Crippen molar-refractivity contribution in [3.05, 3.63) is 97.0 Å². The molecule has 29 heavy (non-hydrogen) atoms. The van der Waals surface area contributed by atoms with E-state index in [0.717, 1.165) is 25.9 Å². The second-order valence-corrected chi connectivity index (χ2v) is 7.47. The topological polar surface area (TPSA) is 94.3 Å². The summed E-state index contributed by atoms with van der Waals surface area (Å²) < 4.78 is 3.05. The van der Waals surface area contributed by atoms with Gasteiger partial charge in [0.1, 0.15) is 6.04 Å². The number of rotatable bonds is 4. The summed E-state index contributed by atoms with van der Waals surface area (Å²) in [5, 5.41) is 6.84. The average molecular weight is 456 g/mol. The van der Waals surface area contributed by atoms with Crippen LogP contribution in [-0.2, 0) is 11.9 Å². The maximum atomic E-state index is 12.4. The number of halogens is 1. The van der Waals surface area contributed by atoms with Crippen LogP contribution in [0.25, 0.3) is 0 Å². The van der Waals surface area contributed by atoms with Crippen LogP contribution >= 0.6 is 15.9 Å². The van der Waals surface area contributed by atoms with Gasteiger partial charge >= 0.3 is 11.4 Å². The molecule has 0 spiro atoms. The van der Waals surface area contributed by atoms with Gasteiger partial charge in [-0.15, -0.1) is 0 Å². The minimum atomic E-state index is -0.553. The van der Waals surface area contributed by atoms with E-state index in [9.17, 15) is 9.59 Å². The molecular weight excluding hydrogens is 438 g/mol. The number of hydrogen-bond acceptors (Lipinski definition) is 5. The van der Waals surface area contributed by atoms with Crippen LogP contribution in [0.3, 0.4) is 0 Å². The molecule has 2 aromatic heterocycles. The van der Waals surface area contributed by atoms with Crippen molar-refractivity contribution >= 4 is 21.6 Å². The molecule has 0 amide bonds. The molecule has 0 aliphatic heterocycles. The van der Waals surface area contributed by atoms with E-state index < -0.39 is 23.5 Å². The number of allylic oxidation sites excluding steroid dienone is 1. The minimum Gasteiger partial charge on any atom is -0.383 e. The molecule has 8 nitrogen and oxygen atoms in total. The van der Waals surface area contributed by atoms with Gasteiger partial charge in [-0.3, -0.25) is 4.98 Å². The van der Waals surface area contributed by atoms with Gasteiger partial charge in [-0.2, -0.15) is 0 Å². The van der Waals surface area contributed by atoms with Gasteiger partial charge in [-0.25, -0.2) is 23.9 Å². The second-order valence-electron chi connectivity index (χ2n) is 6.62. The third-order valence-corrected chi connectivity index (χ3v) is 5.48. The summed E-state index contributed by atoms with van der Waals surface area (Å²) in [6.07, 6.45) is 4.72. The summed E-state index contributed by atoms with van der Waals surface area (Å²) in [6, 6.07) is 11.0. The van der Waals surface area contributed by atoms with Crippen molar-refractivity contribution in [1.29, 1.82) is 0 Å². The first kappa shape index (κ1) is 19.1. The number of aromatic amines is 1. The van der Waals surface area contributed by atoms with Crippen molar-refractivity contribution in [2.45, 2.75) is 19.1 Å². The van der Waals surface area contributed by atoms with Gasteiger partial charge in [0.2, 0.25) is 0 Å². The summed E-state index contributed by atoms with van der Waals surface area (Å²) in [5.41, 5.74) is 2.12. The van der Waals surface area contributed by atoms with Gasteiger partial charge in [0.05, 0.1) is 11.4 Å². The average Bonchev–Trinajstić information content (AvgIpc) is 2.99. The van der Waals surface area contributed by atoms with Gasteiger partial charge in [0, 0.05) is 23.3 Å². The number of H-pyrrole nitrogens is 1. The first-order valence-corrected chi connectivity index (χ1v) is 9.72. The minimum absolute atomic E-state index is 0.449. The van der Waals surface area contributed by atoms with E-state index >= 15 is 0 Å². The molecule has 0 radical (unpaired) electrons. The molecule has 2 atom stereocenters. The number of aromatic nitrogens is 4. The maximum Gasteiger partial charge on any atom is 0.347 e. The largest absolute Gasteiger partial charge is 0.383 e. The Morgan fingerprint density at radius 1 is 1.21 bits per heavy atom. The molecule has 9 heteroatoms. The molecule has 0 saturated carbocycles. The Balaban J connectivity index is 1.72. The van der Waals surface area contributed by atoms with Crippen molar-refractivity contribution in [3.8, 4) is 0 Å². The zero-order chi connectivity index (χ0) is 20.5. The number of benzene rings is 1. The summed E-state index contributed by atoms with van der Waals surface area (Å²) in [4.78, 5) is 34.5. The normalized spacial score (nSPS) is 18.5. The van der Waals surface area contributed by atoms with E-state index in [1.54, 1.807) is 24.4 Å². The van der Waals surface area contributed by atoms with Gasteiger partial charge in [0.15, 0.2) is 6.10 Å². The van der Waals surface area contributed by atoms with Crippen LogP contribution < -0.4 is 11.4 Å². The fourth-order valence-electron chi connectivity index (χ4n) is 3.20. The molecule has 1 aromatic carbocycles. The smallest absolute Gasteiger partial charge is 0.347 e. The number of oxime groups is 1. The Hall–Kier alpha value is -3.20. The van der Waals surface area contributed by atoms with Gasteiger partial charge in [0.25, 0.3) is 0 Å². The highest BCUT2D eigenvalue weighted by atomic mass is 79.9. The molecule has 0 fully saturated rings. The monoisotopic (exact) mass is 455 g/mol. The number of fused-ring (bicyclic) bond motifs is 1. The Morgan fingerprint density at radius 3 is 2.66 bits per heavy atom. The van der Waals surface area contributed by atoms with Crippen LogP contribution in [0.15, 0.2) is 74.0 Å². The fourth-order valence-corrected chi connectivity index (χ4v) is 3.75. The second kappa shape index (κ2) is 7.67. The summed E-state index contributed by atoms with van der Waals surface area (Å²) >= 11 is 3.55. The summed E-state index contributed by atoms with van der Waals surface area (Å²) in [6.45, 7) is 1.87. The highest BCUT2D eigenvalue weighted by Crippen LogP contribution is 2.37. The molecule has 2 heterocycles. The lowest BCUT2D eigenvalue weighted by atomic mass is 9.96. The Labute approximate surface area is 174 Å². The van der Waals surface area contributed by atoms with Gasteiger partial charge in [-0.1, -0.05) is 57.5 Å². The predicted octanol–water partition coefficient (Wildman–Crippen LogP) is 2.67. The molecule has 4 rings (SSSR count). The molecule has 1 aliphatic carbocycles. The zero-order valence-electron chi connectivity index (χ0n) is 15.7. The van der Waals surface area contributed by atoms with E-state index in [1.807, 2.05) is 37.3 Å². The van der Waals surface area contributed by atoms with Crippen LogP contribution in [0.5, 0.6) is 0 Å². The van der Waals surface area contributed by atoms with Crippen molar-refractivity contribution < 1.29 is 4.84 Å². The molecule has 3 aromatic rings. The molecule has 148 valence electrons. The summed E-state index contributed by atoms with van der Waals surface area (Å²) in [7, 11) is 1.42. The lowest BCUT2D eigenvalue weighted by Crippen LogP contribution is -2.30.